The normalized spacial score (nSPS) is 10.6. The van der Waals surface area contributed by atoms with Crippen LogP contribution >= 0.6 is 27.3 Å². The third kappa shape index (κ3) is 2.31. The molecule has 2 aromatic heterocycles. The first-order valence-corrected chi connectivity index (χ1v) is 7.44. The molecule has 0 N–H and O–H groups in total. The molecule has 0 saturated heterocycles. The minimum Gasteiger partial charge on any atom is -0.354 e. The van der Waals surface area contributed by atoms with Gasteiger partial charge in [-0.15, -0.1) is 11.3 Å². The topological polar surface area (TPSA) is 44.3 Å². The van der Waals surface area contributed by atoms with Crippen LogP contribution in [0.1, 0.15) is 19.0 Å². The summed E-state index contributed by atoms with van der Waals surface area (Å²) in [6.45, 7) is 3.69. The first-order valence-electron chi connectivity index (χ1n) is 5.44. The molecule has 0 aliphatic carbocycles. The van der Waals surface area contributed by atoms with Gasteiger partial charge in [0.1, 0.15) is 0 Å². The van der Waals surface area contributed by atoms with E-state index in [0.717, 1.165) is 34.9 Å². The summed E-state index contributed by atoms with van der Waals surface area (Å²) >= 11 is 5.14. The third-order valence-corrected chi connectivity index (χ3v) is 3.93. The SMILES string of the molecule is CCN(CCC#N)c1nc2sccn2c1CBr. The van der Waals surface area contributed by atoms with Crippen LogP contribution in [0.25, 0.3) is 4.96 Å². The van der Waals surface area contributed by atoms with E-state index in [0.29, 0.717) is 6.42 Å². The van der Waals surface area contributed by atoms with Gasteiger partial charge < -0.3 is 4.90 Å². The van der Waals surface area contributed by atoms with Gasteiger partial charge in [0.2, 0.25) is 0 Å². The second kappa shape index (κ2) is 5.52. The summed E-state index contributed by atoms with van der Waals surface area (Å²) in [5.41, 5.74) is 1.15. The van der Waals surface area contributed by atoms with Gasteiger partial charge >= 0.3 is 0 Å². The Balaban J connectivity index is 2.38. The lowest BCUT2D eigenvalue weighted by Crippen LogP contribution is -2.25. The van der Waals surface area contributed by atoms with E-state index in [2.05, 4.69) is 43.2 Å². The minimum atomic E-state index is 0.529. The zero-order valence-electron chi connectivity index (χ0n) is 9.56. The number of nitriles is 1. The standard InChI is InChI=1S/C11H13BrN4S/c1-2-15(5-3-4-13)10-9(8-12)16-6-7-17-11(16)14-10/h6-7H,2-3,5,8H2,1H3. The van der Waals surface area contributed by atoms with Gasteiger partial charge in [-0.05, 0) is 6.92 Å². The summed E-state index contributed by atoms with van der Waals surface area (Å²) in [4.78, 5) is 7.79. The molecule has 0 bridgehead atoms. The highest BCUT2D eigenvalue weighted by Gasteiger charge is 2.16. The number of anilines is 1. The van der Waals surface area contributed by atoms with Gasteiger partial charge in [-0.1, -0.05) is 15.9 Å². The second-order valence-electron chi connectivity index (χ2n) is 3.56. The van der Waals surface area contributed by atoms with Gasteiger partial charge in [-0.2, -0.15) is 5.26 Å². The molecule has 2 heterocycles. The second-order valence-corrected chi connectivity index (χ2v) is 4.99. The Kier molecular flexibility index (Phi) is 4.02. The largest absolute Gasteiger partial charge is 0.354 e. The van der Waals surface area contributed by atoms with Gasteiger partial charge in [0.25, 0.3) is 0 Å². The first kappa shape index (κ1) is 12.4. The lowest BCUT2D eigenvalue weighted by Gasteiger charge is -2.20. The van der Waals surface area contributed by atoms with Crippen molar-refractivity contribution >= 4 is 38.0 Å². The molecule has 0 aliphatic heterocycles. The fraction of sp³-hybridized carbons (Fsp3) is 0.455. The summed E-state index contributed by atoms with van der Waals surface area (Å²) in [6, 6.07) is 2.18. The molecule has 0 aromatic carbocycles. The van der Waals surface area contributed by atoms with Crippen molar-refractivity contribution in [2.24, 2.45) is 0 Å². The summed E-state index contributed by atoms with van der Waals surface area (Å²) < 4.78 is 2.10. The van der Waals surface area contributed by atoms with E-state index in [1.807, 2.05) is 11.6 Å². The number of aromatic nitrogens is 2. The highest BCUT2D eigenvalue weighted by molar-refractivity contribution is 9.08. The lowest BCUT2D eigenvalue weighted by atomic mass is 10.3. The van der Waals surface area contributed by atoms with Crippen molar-refractivity contribution in [3.8, 4) is 6.07 Å². The molecule has 90 valence electrons. The number of hydrogen-bond acceptors (Lipinski definition) is 4. The van der Waals surface area contributed by atoms with E-state index in [1.54, 1.807) is 11.3 Å². The van der Waals surface area contributed by atoms with E-state index in [4.69, 9.17) is 5.26 Å². The number of thiazole rings is 1. The number of fused-ring (bicyclic) bond motifs is 1. The van der Waals surface area contributed by atoms with E-state index >= 15 is 0 Å². The number of hydrogen-bond donors (Lipinski definition) is 0. The Bertz CT molecular complexity index is 539. The number of halogens is 1. The van der Waals surface area contributed by atoms with Crippen LogP contribution in [0.5, 0.6) is 0 Å². The molecular weight excluding hydrogens is 300 g/mol. The molecule has 2 aromatic rings. The van der Waals surface area contributed by atoms with Crippen molar-refractivity contribution in [2.45, 2.75) is 18.7 Å². The van der Waals surface area contributed by atoms with E-state index in [-0.39, 0.29) is 0 Å². The molecule has 2 rings (SSSR count). The van der Waals surface area contributed by atoms with Crippen LogP contribution in [-0.4, -0.2) is 22.5 Å². The van der Waals surface area contributed by atoms with Crippen LogP contribution < -0.4 is 4.90 Å². The van der Waals surface area contributed by atoms with E-state index < -0.39 is 0 Å². The summed E-state index contributed by atoms with van der Waals surface area (Å²) in [7, 11) is 0. The van der Waals surface area contributed by atoms with Crippen molar-refractivity contribution in [3.05, 3.63) is 17.3 Å². The van der Waals surface area contributed by atoms with Crippen LogP contribution in [0.4, 0.5) is 5.82 Å². The van der Waals surface area contributed by atoms with Gasteiger partial charge in [-0.25, -0.2) is 4.98 Å². The van der Waals surface area contributed by atoms with Gasteiger partial charge in [0.05, 0.1) is 18.2 Å². The Morgan fingerprint density at radius 1 is 1.65 bits per heavy atom. The van der Waals surface area contributed by atoms with E-state index in [9.17, 15) is 0 Å². The molecule has 4 nitrogen and oxygen atoms in total. The van der Waals surface area contributed by atoms with Crippen molar-refractivity contribution in [1.82, 2.24) is 9.38 Å². The van der Waals surface area contributed by atoms with Crippen LogP contribution in [0, 0.1) is 11.3 Å². The number of alkyl halides is 1. The van der Waals surface area contributed by atoms with Crippen LogP contribution in [-0.2, 0) is 5.33 Å². The maximum absolute atomic E-state index is 8.67. The maximum atomic E-state index is 8.67. The quantitative estimate of drug-likeness (QED) is 0.797. The summed E-state index contributed by atoms with van der Waals surface area (Å²) in [5, 5.41) is 11.5. The third-order valence-electron chi connectivity index (χ3n) is 2.64. The lowest BCUT2D eigenvalue weighted by molar-refractivity contribution is 0.809. The molecule has 6 heteroatoms. The predicted molar refractivity (Wildman–Crippen MR) is 73.8 cm³/mol. The number of imidazole rings is 1. The molecule has 0 unspecified atom stereocenters. The van der Waals surface area contributed by atoms with Crippen molar-refractivity contribution in [3.63, 3.8) is 0 Å². The molecule has 0 fully saturated rings. The van der Waals surface area contributed by atoms with Gasteiger partial charge in [0.15, 0.2) is 10.8 Å². The Labute approximate surface area is 113 Å². The van der Waals surface area contributed by atoms with Crippen molar-refractivity contribution in [2.75, 3.05) is 18.0 Å². The average Bonchev–Trinajstić information content (AvgIpc) is 2.90. The molecule has 0 spiro atoms. The summed E-state index contributed by atoms with van der Waals surface area (Å²) in [5.74, 6) is 0.992. The fourth-order valence-electron chi connectivity index (χ4n) is 1.80. The number of nitrogens with zero attached hydrogens (tertiary/aromatic N) is 4. The maximum Gasteiger partial charge on any atom is 0.195 e. The molecule has 0 radical (unpaired) electrons. The Morgan fingerprint density at radius 2 is 2.47 bits per heavy atom. The zero-order chi connectivity index (χ0) is 12.3. The Morgan fingerprint density at radius 3 is 3.12 bits per heavy atom. The number of rotatable bonds is 5. The van der Waals surface area contributed by atoms with Crippen LogP contribution in [0.2, 0.25) is 0 Å². The van der Waals surface area contributed by atoms with Crippen LogP contribution in [0.3, 0.4) is 0 Å². The monoisotopic (exact) mass is 312 g/mol. The zero-order valence-corrected chi connectivity index (χ0v) is 12.0. The predicted octanol–water partition coefficient (Wildman–Crippen LogP) is 3.03. The molecular formula is C11H13BrN4S. The van der Waals surface area contributed by atoms with Crippen molar-refractivity contribution < 1.29 is 0 Å². The van der Waals surface area contributed by atoms with Gasteiger partial charge in [0, 0.05) is 30.0 Å². The van der Waals surface area contributed by atoms with Gasteiger partial charge in [-0.3, -0.25) is 4.40 Å². The molecule has 0 saturated carbocycles. The summed E-state index contributed by atoms with van der Waals surface area (Å²) in [6.07, 6.45) is 2.56. The van der Waals surface area contributed by atoms with Crippen LogP contribution in [0.15, 0.2) is 11.6 Å². The van der Waals surface area contributed by atoms with Crippen molar-refractivity contribution in [1.29, 1.82) is 5.26 Å². The highest BCUT2D eigenvalue weighted by Crippen LogP contribution is 2.26. The minimum absolute atomic E-state index is 0.529. The fourth-order valence-corrected chi connectivity index (χ4v) is 3.05. The van der Waals surface area contributed by atoms with E-state index in [1.165, 1.54) is 0 Å². The first-order chi connectivity index (χ1) is 8.31. The molecule has 17 heavy (non-hydrogen) atoms. The molecule has 0 amide bonds. The molecule has 0 atom stereocenters. The average molecular weight is 313 g/mol. The smallest absolute Gasteiger partial charge is 0.195 e. The highest BCUT2D eigenvalue weighted by atomic mass is 79.9. The molecule has 0 aliphatic rings. The Hall–Kier alpha value is -1.06.